The van der Waals surface area contributed by atoms with Crippen LogP contribution in [0.3, 0.4) is 0 Å². The molecule has 2 heterocycles. The summed E-state index contributed by atoms with van der Waals surface area (Å²) in [6.45, 7) is 5.87. The van der Waals surface area contributed by atoms with E-state index in [0.717, 1.165) is 36.3 Å². The van der Waals surface area contributed by atoms with Crippen molar-refractivity contribution in [3.63, 3.8) is 0 Å². The first-order valence-electron chi connectivity index (χ1n) is 8.89. The van der Waals surface area contributed by atoms with Crippen LogP contribution in [0.25, 0.3) is 11.4 Å². The van der Waals surface area contributed by atoms with Gasteiger partial charge in [0, 0.05) is 36.0 Å². The second kappa shape index (κ2) is 8.15. The average Bonchev–Trinajstić information content (AvgIpc) is 3.06. The van der Waals surface area contributed by atoms with Crippen molar-refractivity contribution in [2.45, 2.75) is 33.4 Å². The molecule has 3 aromatic rings. The van der Waals surface area contributed by atoms with Gasteiger partial charge in [0.1, 0.15) is 5.82 Å². The Hall–Kier alpha value is -2.66. The molecule has 5 nitrogen and oxygen atoms in total. The predicted octanol–water partition coefficient (Wildman–Crippen LogP) is 3.86. The molecule has 0 spiro atoms. The van der Waals surface area contributed by atoms with Crippen LogP contribution in [0.1, 0.15) is 30.7 Å². The van der Waals surface area contributed by atoms with Gasteiger partial charge in [-0.15, -0.1) is 0 Å². The summed E-state index contributed by atoms with van der Waals surface area (Å²) in [7, 11) is 2.07. The maximum absolute atomic E-state index is 12.0. The molecule has 1 N–H and O–H groups in total. The highest BCUT2D eigenvalue weighted by atomic mass is 16.3. The molecule has 0 amide bonds. The van der Waals surface area contributed by atoms with Gasteiger partial charge in [-0.3, -0.25) is 9.69 Å². The van der Waals surface area contributed by atoms with Crippen LogP contribution in [0.15, 0.2) is 58.1 Å². The summed E-state index contributed by atoms with van der Waals surface area (Å²) in [6, 6.07) is 11.7. The lowest BCUT2D eigenvalue weighted by atomic mass is 10.1. The second-order valence-corrected chi connectivity index (χ2v) is 7.19. The van der Waals surface area contributed by atoms with Crippen LogP contribution >= 0.6 is 0 Å². The monoisotopic (exact) mass is 351 g/mol. The number of rotatable bonds is 7. The fourth-order valence-electron chi connectivity index (χ4n) is 3.05. The lowest BCUT2D eigenvalue weighted by molar-refractivity contribution is 0.318. The molecule has 1 aromatic carbocycles. The smallest absolute Gasteiger partial charge is 0.251 e. The molecule has 0 aliphatic carbocycles. The molecule has 0 fully saturated rings. The van der Waals surface area contributed by atoms with Gasteiger partial charge in [0.25, 0.3) is 5.56 Å². The van der Waals surface area contributed by atoms with Crippen LogP contribution in [0.4, 0.5) is 0 Å². The molecule has 26 heavy (non-hydrogen) atoms. The number of nitrogens with zero attached hydrogens (tertiary/aromatic N) is 2. The molecule has 136 valence electrons. The fraction of sp³-hybridized carbons (Fsp3) is 0.333. The molecule has 0 radical (unpaired) electrons. The number of hydrogen-bond acceptors (Lipinski definition) is 4. The Labute approximate surface area is 153 Å². The van der Waals surface area contributed by atoms with E-state index in [4.69, 9.17) is 4.42 Å². The van der Waals surface area contributed by atoms with Crippen LogP contribution in [-0.4, -0.2) is 21.9 Å². The Morgan fingerprint density at radius 2 is 1.96 bits per heavy atom. The first kappa shape index (κ1) is 18.1. The van der Waals surface area contributed by atoms with Gasteiger partial charge >= 0.3 is 0 Å². The van der Waals surface area contributed by atoms with Crippen molar-refractivity contribution in [2.75, 3.05) is 7.05 Å². The van der Waals surface area contributed by atoms with Crippen molar-refractivity contribution in [2.24, 2.45) is 5.92 Å². The van der Waals surface area contributed by atoms with E-state index in [9.17, 15) is 4.79 Å². The average molecular weight is 351 g/mol. The van der Waals surface area contributed by atoms with Crippen LogP contribution in [-0.2, 0) is 19.5 Å². The highest BCUT2D eigenvalue weighted by molar-refractivity contribution is 5.56. The summed E-state index contributed by atoms with van der Waals surface area (Å²) >= 11 is 0. The zero-order valence-corrected chi connectivity index (χ0v) is 15.5. The third-order valence-electron chi connectivity index (χ3n) is 4.10. The maximum Gasteiger partial charge on any atom is 0.251 e. The van der Waals surface area contributed by atoms with Gasteiger partial charge in [-0.25, -0.2) is 4.98 Å². The first-order chi connectivity index (χ1) is 12.5. The van der Waals surface area contributed by atoms with Crippen molar-refractivity contribution in [1.82, 2.24) is 14.9 Å². The normalized spacial score (nSPS) is 11.4. The number of H-pyrrole nitrogens is 1. The van der Waals surface area contributed by atoms with E-state index in [0.29, 0.717) is 11.7 Å². The standard InChI is InChI=1S/C21H25N3O2/c1-15(2)9-19-11-20(25)23-21(22-19)18-6-4-5-16(10-18)12-24(3)13-17-7-8-26-14-17/h4-8,10-11,14-15H,9,12-13H2,1-3H3,(H,22,23,25). The van der Waals surface area contributed by atoms with Crippen molar-refractivity contribution < 1.29 is 4.42 Å². The minimum absolute atomic E-state index is 0.104. The zero-order chi connectivity index (χ0) is 18.5. The summed E-state index contributed by atoms with van der Waals surface area (Å²) in [5.41, 5.74) is 3.98. The molecular weight excluding hydrogens is 326 g/mol. The van der Waals surface area contributed by atoms with Gasteiger partial charge in [0.2, 0.25) is 0 Å². The molecule has 0 saturated carbocycles. The van der Waals surface area contributed by atoms with Crippen LogP contribution in [0.5, 0.6) is 0 Å². The van der Waals surface area contributed by atoms with Crippen molar-refractivity contribution in [3.05, 3.63) is 76.1 Å². The molecule has 0 aliphatic rings. The third kappa shape index (κ3) is 4.92. The zero-order valence-electron chi connectivity index (χ0n) is 15.5. The molecule has 0 atom stereocenters. The first-order valence-corrected chi connectivity index (χ1v) is 8.89. The fourth-order valence-corrected chi connectivity index (χ4v) is 3.05. The molecule has 0 unspecified atom stereocenters. The number of furan rings is 1. The quantitative estimate of drug-likeness (QED) is 0.702. The van der Waals surface area contributed by atoms with E-state index in [1.54, 1.807) is 18.6 Å². The van der Waals surface area contributed by atoms with Gasteiger partial charge in [0.15, 0.2) is 0 Å². The highest BCUT2D eigenvalue weighted by Gasteiger charge is 2.08. The van der Waals surface area contributed by atoms with Crippen LogP contribution in [0, 0.1) is 5.92 Å². The molecule has 0 aliphatic heterocycles. The van der Waals surface area contributed by atoms with Gasteiger partial charge in [-0.2, -0.15) is 0 Å². The van der Waals surface area contributed by atoms with E-state index < -0.39 is 0 Å². The second-order valence-electron chi connectivity index (χ2n) is 7.19. The lowest BCUT2D eigenvalue weighted by Gasteiger charge is -2.16. The van der Waals surface area contributed by atoms with E-state index >= 15 is 0 Å². The largest absolute Gasteiger partial charge is 0.472 e. The maximum atomic E-state index is 12.0. The summed E-state index contributed by atoms with van der Waals surface area (Å²) in [5, 5.41) is 0. The molecule has 0 bridgehead atoms. The van der Waals surface area contributed by atoms with E-state index in [1.165, 1.54) is 5.56 Å². The van der Waals surface area contributed by atoms with Gasteiger partial charge in [-0.1, -0.05) is 32.0 Å². The van der Waals surface area contributed by atoms with Crippen molar-refractivity contribution >= 4 is 0 Å². The predicted molar refractivity (Wildman–Crippen MR) is 103 cm³/mol. The Balaban J connectivity index is 1.78. The lowest BCUT2D eigenvalue weighted by Crippen LogP contribution is -2.17. The summed E-state index contributed by atoms with van der Waals surface area (Å²) in [4.78, 5) is 21.7. The van der Waals surface area contributed by atoms with E-state index in [-0.39, 0.29) is 5.56 Å². The molecule has 2 aromatic heterocycles. The Bertz CT molecular complexity index is 898. The van der Waals surface area contributed by atoms with Crippen molar-refractivity contribution in [3.8, 4) is 11.4 Å². The van der Waals surface area contributed by atoms with Gasteiger partial charge in [-0.05, 0) is 37.1 Å². The summed E-state index contributed by atoms with van der Waals surface area (Å²) < 4.78 is 5.12. The van der Waals surface area contributed by atoms with Crippen LogP contribution in [0.2, 0.25) is 0 Å². The number of nitrogens with one attached hydrogen (secondary N) is 1. The number of aromatic nitrogens is 2. The summed E-state index contributed by atoms with van der Waals surface area (Å²) in [5.74, 6) is 1.09. The van der Waals surface area contributed by atoms with Crippen LogP contribution < -0.4 is 5.56 Å². The molecule has 3 rings (SSSR count). The molecule has 0 saturated heterocycles. The number of hydrogen-bond donors (Lipinski definition) is 1. The van der Waals surface area contributed by atoms with Gasteiger partial charge < -0.3 is 9.40 Å². The Morgan fingerprint density at radius 1 is 1.15 bits per heavy atom. The van der Waals surface area contributed by atoms with Gasteiger partial charge in [0.05, 0.1) is 12.5 Å². The van der Waals surface area contributed by atoms with E-state index in [2.05, 4.69) is 47.9 Å². The topological polar surface area (TPSA) is 62.1 Å². The Kier molecular flexibility index (Phi) is 5.68. The molecule has 5 heteroatoms. The minimum Gasteiger partial charge on any atom is -0.472 e. The van der Waals surface area contributed by atoms with E-state index in [1.807, 2.05) is 18.2 Å². The molecular formula is C21H25N3O2. The summed E-state index contributed by atoms with van der Waals surface area (Å²) in [6.07, 6.45) is 4.25. The highest BCUT2D eigenvalue weighted by Crippen LogP contribution is 2.18. The van der Waals surface area contributed by atoms with Crippen molar-refractivity contribution in [1.29, 1.82) is 0 Å². The SMILES string of the molecule is CC(C)Cc1cc(=O)[nH]c(-c2cccc(CN(C)Cc3ccoc3)c2)n1. The Morgan fingerprint density at radius 3 is 2.69 bits per heavy atom. The number of benzene rings is 1. The number of aromatic amines is 1. The minimum atomic E-state index is -0.104. The third-order valence-corrected chi connectivity index (χ3v) is 4.10.